The second-order valence-electron chi connectivity index (χ2n) is 5.03. The largest absolute Gasteiger partial charge is 0.597 e. The standard InChI is InChI=1S/C18H14BNO2/c1-2-8-14(9-3-1)21-19-22-20-17-12-6-4-10-15(17)16-11-5-7-13-18(16)20/h1-13,19H. The average Bonchev–Trinajstić information content (AvgIpc) is 2.91. The van der Waals surface area contributed by atoms with E-state index < -0.39 is 0 Å². The molecular formula is C18H14BNO2. The quantitative estimate of drug-likeness (QED) is 0.536. The summed E-state index contributed by atoms with van der Waals surface area (Å²) >= 11 is 0. The summed E-state index contributed by atoms with van der Waals surface area (Å²) < 4.78 is 13.3. The second kappa shape index (κ2) is 5.49. The molecule has 0 unspecified atom stereocenters. The van der Waals surface area contributed by atoms with Gasteiger partial charge in [-0.3, -0.25) is 0 Å². The number of hydrogen-bond donors (Lipinski definition) is 0. The van der Waals surface area contributed by atoms with E-state index in [0.29, 0.717) is 0 Å². The summed E-state index contributed by atoms with van der Waals surface area (Å²) in [6.45, 7) is 0. The average molecular weight is 287 g/mol. The molecule has 0 bridgehead atoms. The summed E-state index contributed by atoms with van der Waals surface area (Å²) in [5.74, 6) is 0.795. The Bertz CT molecular complexity index is 865. The lowest BCUT2D eigenvalue weighted by Crippen LogP contribution is -2.20. The molecule has 1 aromatic heterocycles. The highest BCUT2D eigenvalue weighted by Gasteiger charge is 2.11. The van der Waals surface area contributed by atoms with E-state index in [-0.39, 0.29) is 7.69 Å². The third-order valence-electron chi connectivity index (χ3n) is 3.69. The zero-order chi connectivity index (χ0) is 14.8. The van der Waals surface area contributed by atoms with Gasteiger partial charge in [-0.15, -0.1) is 0 Å². The maximum absolute atomic E-state index is 5.87. The third kappa shape index (κ3) is 2.19. The van der Waals surface area contributed by atoms with Crippen molar-refractivity contribution in [2.75, 3.05) is 0 Å². The number of hydrogen-bond acceptors (Lipinski definition) is 2. The highest BCUT2D eigenvalue weighted by atomic mass is 16.7. The lowest BCUT2D eigenvalue weighted by Gasteiger charge is -2.10. The molecule has 0 saturated heterocycles. The highest BCUT2D eigenvalue weighted by Crippen LogP contribution is 2.27. The maximum atomic E-state index is 5.87. The topological polar surface area (TPSA) is 23.4 Å². The maximum Gasteiger partial charge on any atom is 0.597 e. The van der Waals surface area contributed by atoms with Crippen LogP contribution in [0.15, 0.2) is 78.9 Å². The Labute approximate surface area is 129 Å². The second-order valence-corrected chi connectivity index (χ2v) is 5.03. The van der Waals surface area contributed by atoms with Gasteiger partial charge in [0.2, 0.25) is 0 Å². The third-order valence-corrected chi connectivity index (χ3v) is 3.69. The molecule has 22 heavy (non-hydrogen) atoms. The minimum Gasteiger partial charge on any atom is -0.528 e. The molecular weight excluding hydrogens is 273 g/mol. The monoisotopic (exact) mass is 287 g/mol. The molecule has 4 aromatic rings. The minimum absolute atomic E-state index is 0.159. The van der Waals surface area contributed by atoms with Crippen molar-refractivity contribution in [1.82, 2.24) is 4.73 Å². The van der Waals surface area contributed by atoms with Crippen molar-refractivity contribution in [2.24, 2.45) is 0 Å². The van der Waals surface area contributed by atoms with Gasteiger partial charge in [0.05, 0.1) is 11.0 Å². The number of fused-ring (bicyclic) bond motifs is 3. The van der Waals surface area contributed by atoms with Crippen molar-refractivity contribution < 1.29 is 9.41 Å². The van der Waals surface area contributed by atoms with Crippen LogP contribution in [0.5, 0.6) is 5.75 Å². The molecule has 0 radical (unpaired) electrons. The predicted molar refractivity (Wildman–Crippen MR) is 90.2 cm³/mol. The summed E-state index contributed by atoms with van der Waals surface area (Å²) in [5.41, 5.74) is 2.08. The van der Waals surface area contributed by atoms with Crippen molar-refractivity contribution in [3.05, 3.63) is 78.9 Å². The number of benzene rings is 3. The van der Waals surface area contributed by atoms with Gasteiger partial charge in [0, 0.05) is 10.8 Å². The van der Waals surface area contributed by atoms with Gasteiger partial charge in [0.1, 0.15) is 5.75 Å². The van der Waals surface area contributed by atoms with Crippen LogP contribution < -0.4 is 9.41 Å². The molecule has 0 atom stereocenters. The molecule has 1 heterocycles. The molecule has 0 aliphatic heterocycles. The Kier molecular flexibility index (Phi) is 3.20. The predicted octanol–water partition coefficient (Wildman–Crippen LogP) is 3.57. The fraction of sp³-hybridized carbons (Fsp3) is 0. The molecule has 0 fully saturated rings. The molecule has 3 aromatic carbocycles. The van der Waals surface area contributed by atoms with Crippen LogP contribution in [0.1, 0.15) is 0 Å². The summed E-state index contributed by atoms with van der Waals surface area (Å²) in [4.78, 5) is 0. The van der Waals surface area contributed by atoms with Gasteiger partial charge < -0.3 is 9.41 Å². The molecule has 3 nitrogen and oxygen atoms in total. The Balaban J connectivity index is 1.68. The van der Waals surface area contributed by atoms with Crippen molar-refractivity contribution in [2.45, 2.75) is 0 Å². The van der Waals surface area contributed by atoms with Crippen LogP contribution in [0.2, 0.25) is 0 Å². The van der Waals surface area contributed by atoms with E-state index in [4.69, 9.17) is 9.41 Å². The molecule has 0 saturated carbocycles. The van der Waals surface area contributed by atoms with Gasteiger partial charge in [0.25, 0.3) is 0 Å². The van der Waals surface area contributed by atoms with Crippen molar-refractivity contribution in [3.8, 4) is 5.75 Å². The van der Waals surface area contributed by atoms with Gasteiger partial charge >= 0.3 is 7.69 Å². The number of aromatic nitrogens is 1. The highest BCUT2D eigenvalue weighted by molar-refractivity contribution is 6.20. The number of nitrogens with zero attached hydrogens (tertiary/aromatic N) is 1. The van der Waals surface area contributed by atoms with Crippen LogP contribution in [0, 0.1) is 0 Å². The van der Waals surface area contributed by atoms with Gasteiger partial charge in [0.15, 0.2) is 0 Å². The first-order valence-electron chi connectivity index (χ1n) is 7.23. The molecule has 4 heteroatoms. The van der Waals surface area contributed by atoms with E-state index in [0.717, 1.165) is 16.8 Å². The Morgan fingerprint density at radius 1 is 0.636 bits per heavy atom. The SMILES string of the molecule is B(Oc1ccccc1)On1c2ccccc2c2ccccc21. The number of para-hydroxylation sites is 3. The first-order chi connectivity index (χ1) is 10.9. The molecule has 0 N–H and O–H groups in total. The Morgan fingerprint density at radius 3 is 1.82 bits per heavy atom. The molecule has 0 aliphatic rings. The van der Waals surface area contributed by atoms with E-state index in [1.54, 1.807) is 0 Å². The van der Waals surface area contributed by atoms with Crippen LogP contribution in [0.4, 0.5) is 0 Å². The Morgan fingerprint density at radius 2 is 1.18 bits per heavy atom. The molecule has 4 rings (SSSR count). The van der Waals surface area contributed by atoms with Crippen LogP contribution in [-0.4, -0.2) is 12.4 Å². The summed E-state index contributed by atoms with van der Waals surface area (Å²) in [7, 11) is 0.159. The summed E-state index contributed by atoms with van der Waals surface area (Å²) in [6.07, 6.45) is 0. The summed E-state index contributed by atoms with van der Waals surface area (Å²) in [6, 6.07) is 26.1. The van der Waals surface area contributed by atoms with E-state index in [1.807, 2.05) is 59.3 Å². The zero-order valence-electron chi connectivity index (χ0n) is 12.0. The van der Waals surface area contributed by atoms with E-state index in [2.05, 4.69) is 24.3 Å². The fourth-order valence-corrected chi connectivity index (χ4v) is 2.69. The van der Waals surface area contributed by atoms with Crippen LogP contribution in [0.25, 0.3) is 21.8 Å². The van der Waals surface area contributed by atoms with Crippen LogP contribution in [-0.2, 0) is 0 Å². The molecule has 0 aliphatic carbocycles. The number of rotatable bonds is 4. The first kappa shape index (κ1) is 12.8. The van der Waals surface area contributed by atoms with Gasteiger partial charge in [-0.1, -0.05) is 54.6 Å². The fourth-order valence-electron chi connectivity index (χ4n) is 2.69. The van der Waals surface area contributed by atoms with Crippen molar-refractivity contribution in [1.29, 1.82) is 0 Å². The molecule has 106 valence electrons. The van der Waals surface area contributed by atoms with E-state index in [9.17, 15) is 0 Å². The van der Waals surface area contributed by atoms with Crippen molar-refractivity contribution >= 4 is 29.5 Å². The summed E-state index contributed by atoms with van der Waals surface area (Å²) in [5, 5.41) is 2.36. The van der Waals surface area contributed by atoms with Gasteiger partial charge in [-0.25, -0.2) is 0 Å². The first-order valence-corrected chi connectivity index (χ1v) is 7.23. The van der Waals surface area contributed by atoms with Gasteiger partial charge in [-0.05, 0) is 24.3 Å². The lowest BCUT2D eigenvalue weighted by molar-refractivity contribution is 0.277. The smallest absolute Gasteiger partial charge is 0.528 e. The van der Waals surface area contributed by atoms with E-state index >= 15 is 0 Å². The Hall–Kier alpha value is -2.88. The molecule has 0 spiro atoms. The molecule has 0 amide bonds. The van der Waals surface area contributed by atoms with Crippen LogP contribution >= 0.6 is 0 Å². The lowest BCUT2D eigenvalue weighted by atomic mass is 10.2. The van der Waals surface area contributed by atoms with Crippen LogP contribution in [0.3, 0.4) is 0 Å². The minimum atomic E-state index is 0.159. The zero-order valence-corrected chi connectivity index (χ0v) is 12.0. The van der Waals surface area contributed by atoms with Crippen molar-refractivity contribution in [3.63, 3.8) is 0 Å². The normalized spacial score (nSPS) is 10.7. The van der Waals surface area contributed by atoms with Gasteiger partial charge in [-0.2, -0.15) is 4.73 Å². The van der Waals surface area contributed by atoms with E-state index in [1.165, 1.54) is 10.8 Å².